The number of phosphoric acid groups is 1. The number of aliphatic hydroxyl groups excluding tert-OH is 4. The smallest absolute Gasteiger partial charge is 0.462 e. The average molecular weight is 879 g/mol. The van der Waals surface area contributed by atoms with E-state index in [2.05, 4.69) is 97.4 Å². The molecule has 0 rings (SSSR count). The van der Waals surface area contributed by atoms with E-state index in [1.807, 2.05) is 12.2 Å². The second-order valence-corrected chi connectivity index (χ2v) is 16.1. The molecule has 5 N–H and O–H groups in total. The molecule has 61 heavy (non-hydrogen) atoms. The Morgan fingerprint density at radius 1 is 0.557 bits per heavy atom. The Balaban J connectivity index is 4.60. The molecule has 12 nitrogen and oxygen atoms in total. The Bertz CT molecular complexity index is 1370. The molecule has 3 unspecified atom stereocenters. The third-order valence-corrected chi connectivity index (χ3v) is 9.87. The van der Waals surface area contributed by atoms with Crippen LogP contribution in [0.2, 0.25) is 0 Å². The number of carbonyl (C=O) groups excluding carboxylic acids is 2. The van der Waals surface area contributed by atoms with Crippen LogP contribution < -0.4 is 0 Å². The molecule has 5 atom stereocenters. The van der Waals surface area contributed by atoms with Crippen molar-refractivity contribution < 1.29 is 58.0 Å². The summed E-state index contributed by atoms with van der Waals surface area (Å²) in [6.45, 7) is 1.84. The molecule has 0 fully saturated rings. The first-order chi connectivity index (χ1) is 29.5. The van der Waals surface area contributed by atoms with E-state index in [1.165, 1.54) is 19.3 Å². The normalized spacial score (nSPS) is 15.7. The van der Waals surface area contributed by atoms with Gasteiger partial charge in [-0.15, -0.1) is 0 Å². The van der Waals surface area contributed by atoms with Gasteiger partial charge < -0.3 is 34.8 Å². The van der Waals surface area contributed by atoms with Crippen LogP contribution in [0.5, 0.6) is 0 Å². The molecule has 0 heterocycles. The zero-order valence-electron chi connectivity index (χ0n) is 37.1. The zero-order valence-corrected chi connectivity index (χ0v) is 38.0. The molecule has 13 heteroatoms. The fourth-order valence-corrected chi connectivity index (χ4v) is 6.15. The number of rotatable bonds is 40. The minimum atomic E-state index is -4.72. The van der Waals surface area contributed by atoms with Crippen LogP contribution in [0.1, 0.15) is 142 Å². The van der Waals surface area contributed by atoms with Gasteiger partial charge in [-0.25, -0.2) is 4.57 Å². The van der Waals surface area contributed by atoms with Crippen LogP contribution in [-0.2, 0) is 32.7 Å². The molecule has 0 bridgehead atoms. The first kappa shape index (κ1) is 57.8. The van der Waals surface area contributed by atoms with E-state index in [9.17, 15) is 34.4 Å². The largest absolute Gasteiger partial charge is 0.472 e. The molecular weight excluding hydrogens is 799 g/mol. The number of hydrogen-bond acceptors (Lipinski definition) is 11. The van der Waals surface area contributed by atoms with Crippen molar-refractivity contribution in [3.8, 4) is 0 Å². The lowest BCUT2D eigenvalue weighted by molar-refractivity contribution is -0.161. The first-order valence-electron chi connectivity index (χ1n) is 22.4. The molecule has 0 aromatic carbocycles. The monoisotopic (exact) mass is 879 g/mol. The van der Waals surface area contributed by atoms with Crippen LogP contribution in [0.4, 0.5) is 0 Å². The molecule has 0 aliphatic heterocycles. The predicted octanol–water partition coefficient (Wildman–Crippen LogP) is 9.94. The average Bonchev–Trinajstić information content (AvgIpc) is 3.24. The minimum Gasteiger partial charge on any atom is -0.462 e. The van der Waals surface area contributed by atoms with Crippen molar-refractivity contribution in [3.05, 3.63) is 97.2 Å². The van der Waals surface area contributed by atoms with E-state index in [1.54, 1.807) is 6.08 Å². The van der Waals surface area contributed by atoms with Crippen LogP contribution in [0.25, 0.3) is 0 Å². The Morgan fingerprint density at radius 3 is 1.59 bits per heavy atom. The van der Waals surface area contributed by atoms with Crippen molar-refractivity contribution in [1.82, 2.24) is 0 Å². The number of allylic oxidation sites excluding steroid dienone is 15. The maximum atomic E-state index is 12.7. The second kappa shape index (κ2) is 42.1. The Hall–Kier alpha value is -3.19. The van der Waals surface area contributed by atoms with Gasteiger partial charge in [-0.3, -0.25) is 18.6 Å². The fourth-order valence-electron chi connectivity index (χ4n) is 5.36. The van der Waals surface area contributed by atoms with Gasteiger partial charge in [-0.1, -0.05) is 130 Å². The molecule has 0 aromatic rings. The van der Waals surface area contributed by atoms with Gasteiger partial charge in [0, 0.05) is 12.8 Å². The second-order valence-electron chi connectivity index (χ2n) is 14.6. The van der Waals surface area contributed by atoms with Gasteiger partial charge in [-0.05, 0) is 96.3 Å². The summed E-state index contributed by atoms with van der Waals surface area (Å²) in [6, 6.07) is 0. The summed E-state index contributed by atoms with van der Waals surface area (Å²) in [5.74, 6) is -1.26. The van der Waals surface area contributed by atoms with Crippen molar-refractivity contribution in [3.63, 3.8) is 0 Å². The van der Waals surface area contributed by atoms with Crippen molar-refractivity contribution in [1.29, 1.82) is 0 Å². The Morgan fingerprint density at radius 2 is 1.05 bits per heavy atom. The fraction of sp³-hybridized carbons (Fsp3) is 0.625. The highest BCUT2D eigenvalue weighted by atomic mass is 31.2. The summed E-state index contributed by atoms with van der Waals surface area (Å²) in [5.41, 5.74) is 0. The van der Waals surface area contributed by atoms with Crippen LogP contribution >= 0.6 is 7.82 Å². The van der Waals surface area contributed by atoms with Crippen molar-refractivity contribution in [2.75, 3.05) is 26.4 Å². The number of ether oxygens (including phenoxy) is 2. The van der Waals surface area contributed by atoms with E-state index in [0.29, 0.717) is 12.8 Å². The summed E-state index contributed by atoms with van der Waals surface area (Å²) in [7, 11) is -4.72. The number of phosphoric ester groups is 1. The highest BCUT2D eigenvalue weighted by Gasteiger charge is 2.27. The summed E-state index contributed by atoms with van der Waals surface area (Å²) < 4.78 is 32.5. The Labute approximate surface area is 367 Å². The lowest BCUT2D eigenvalue weighted by atomic mass is 10.0. The van der Waals surface area contributed by atoms with Crippen LogP contribution in [0.3, 0.4) is 0 Å². The van der Waals surface area contributed by atoms with Gasteiger partial charge >= 0.3 is 19.8 Å². The maximum Gasteiger partial charge on any atom is 0.472 e. The standard InChI is InChI=1S/C48H79O12P/c1-3-5-7-9-11-13-15-17-18-19-20-21-22-23-25-27-29-31-33-37-47(53)57-41-44(42-59-61(55,56)58-40-43(50)39-49)60-48(54)38-34-36-46(52)45(51)35-32-30-28-26-24-16-14-12-10-8-6-4-2/h5,7,11-14,17-18,20-21,23-26,30,32,43-46,49-52H,3-4,6,8-10,15-16,19,22,27-29,31,33-42H2,1-2H3,(H,55,56)/b7-5-,13-11-,14-12-,18-17-,21-20-,25-23-,26-24-,32-30-/t43-,44+,45?,46?/m0/s1. The summed E-state index contributed by atoms with van der Waals surface area (Å²) in [6.07, 6.45) is 43.9. The molecule has 0 saturated heterocycles. The van der Waals surface area contributed by atoms with E-state index in [0.717, 1.165) is 64.2 Å². The van der Waals surface area contributed by atoms with Crippen molar-refractivity contribution in [2.45, 2.75) is 167 Å². The highest BCUT2D eigenvalue weighted by molar-refractivity contribution is 7.47. The number of aliphatic hydroxyl groups is 4. The van der Waals surface area contributed by atoms with Crippen LogP contribution in [0, 0.1) is 0 Å². The minimum absolute atomic E-state index is 0.124. The lowest BCUT2D eigenvalue weighted by Gasteiger charge is -2.20. The highest BCUT2D eigenvalue weighted by Crippen LogP contribution is 2.43. The topological polar surface area (TPSA) is 189 Å². The number of esters is 2. The molecule has 0 aromatic heterocycles. The summed E-state index contributed by atoms with van der Waals surface area (Å²) in [5, 5.41) is 39.1. The summed E-state index contributed by atoms with van der Waals surface area (Å²) in [4.78, 5) is 35.1. The van der Waals surface area contributed by atoms with Crippen LogP contribution in [0.15, 0.2) is 97.2 Å². The predicted molar refractivity (Wildman–Crippen MR) is 244 cm³/mol. The van der Waals surface area contributed by atoms with E-state index < -0.39 is 70.6 Å². The van der Waals surface area contributed by atoms with E-state index in [-0.39, 0.29) is 32.1 Å². The van der Waals surface area contributed by atoms with Crippen molar-refractivity contribution >= 4 is 19.8 Å². The zero-order chi connectivity index (χ0) is 45.1. The molecule has 0 aliphatic carbocycles. The molecule has 348 valence electrons. The van der Waals surface area contributed by atoms with Gasteiger partial charge in [-0.2, -0.15) is 0 Å². The lowest BCUT2D eigenvalue weighted by Crippen LogP contribution is -2.30. The number of carbonyl (C=O) groups is 2. The van der Waals surface area contributed by atoms with E-state index in [4.69, 9.17) is 19.1 Å². The number of hydrogen-bond donors (Lipinski definition) is 5. The van der Waals surface area contributed by atoms with Gasteiger partial charge in [0.05, 0.1) is 32.0 Å². The molecular formula is C48H79O12P. The third-order valence-electron chi connectivity index (χ3n) is 8.92. The van der Waals surface area contributed by atoms with Crippen LogP contribution in [-0.4, -0.2) is 88.1 Å². The van der Waals surface area contributed by atoms with E-state index >= 15 is 0 Å². The quantitative estimate of drug-likeness (QED) is 0.0170. The van der Waals surface area contributed by atoms with Gasteiger partial charge in [0.15, 0.2) is 6.10 Å². The molecule has 0 aliphatic rings. The van der Waals surface area contributed by atoms with Gasteiger partial charge in [0.1, 0.15) is 12.7 Å². The molecule has 0 radical (unpaired) electrons. The molecule has 0 spiro atoms. The maximum absolute atomic E-state index is 12.7. The SMILES string of the molecule is CC/C=C\C/C=C\C/C=C\C/C=C\C/C=C\CCCCCC(=O)OC[C@H](COP(=O)(O)OC[C@@H](O)CO)OC(=O)CCCC(O)C(O)C/C=C\C/C=C\C/C=C\CCCCC. The molecule has 0 saturated carbocycles. The van der Waals surface area contributed by atoms with Gasteiger partial charge in [0.25, 0.3) is 0 Å². The number of unbranched alkanes of at least 4 members (excludes halogenated alkanes) is 6. The Kier molecular flexibility index (Phi) is 39.9. The van der Waals surface area contributed by atoms with Crippen molar-refractivity contribution in [2.24, 2.45) is 0 Å². The molecule has 0 amide bonds. The van der Waals surface area contributed by atoms with Gasteiger partial charge in [0.2, 0.25) is 0 Å². The summed E-state index contributed by atoms with van der Waals surface area (Å²) >= 11 is 0. The first-order valence-corrected chi connectivity index (χ1v) is 23.9. The third kappa shape index (κ3) is 40.6.